The maximum Gasteiger partial charge on any atom is 0.490 e. The zero-order valence-corrected chi connectivity index (χ0v) is 32.2. The molecule has 4 amide bonds. The summed E-state index contributed by atoms with van der Waals surface area (Å²) < 4.78 is 37.1. The molecule has 2 rings (SSSR count). The Bertz CT molecular complexity index is 1530. The number of aliphatic imine (C=N–C) groups is 1. The molecule has 0 aliphatic carbocycles. The molecular formula is C38H56F3N7O8. The Kier molecular flexibility index (Phi) is 22.3. The lowest BCUT2D eigenvalue weighted by molar-refractivity contribution is -0.192. The summed E-state index contributed by atoms with van der Waals surface area (Å²) in [5.74, 6) is -4.14. The first-order valence-electron chi connectivity index (χ1n) is 18.2. The van der Waals surface area contributed by atoms with Crippen LogP contribution in [0.15, 0.2) is 65.7 Å². The van der Waals surface area contributed by atoms with E-state index in [0.29, 0.717) is 32.2 Å². The number of carbonyl (C=O) groups is 5. The Morgan fingerprint density at radius 3 is 1.86 bits per heavy atom. The Labute approximate surface area is 325 Å². The van der Waals surface area contributed by atoms with Gasteiger partial charge in [-0.1, -0.05) is 88.4 Å². The second kappa shape index (κ2) is 25.6. The van der Waals surface area contributed by atoms with Crippen molar-refractivity contribution in [2.24, 2.45) is 28.3 Å². The van der Waals surface area contributed by atoms with Gasteiger partial charge in [0.05, 0.1) is 18.6 Å². The van der Waals surface area contributed by atoms with Gasteiger partial charge in [0.25, 0.3) is 0 Å². The fraction of sp³-hybridized carbons (Fsp3) is 0.526. The molecule has 2 aromatic rings. The van der Waals surface area contributed by atoms with Crippen LogP contribution < -0.4 is 32.7 Å². The number of nitrogens with two attached hydrogens (primary N) is 2. The molecule has 0 radical (unpaired) electrons. The molecule has 18 heteroatoms. The van der Waals surface area contributed by atoms with Crippen molar-refractivity contribution in [3.63, 3.8) is 0 Å². The number of nitrogens with one attached hydrogen (secondary N) is 4. The van der Waals surface area contributed by atoms with Gasteiger partial charge in [-0.2, -0.15) is 13.2 Å². The van der Waals surface area contributed by atoms with Crippen LogP contribution in [0.5, 0.6) is 0 Å². The topological polar surface area (TPSA) is 248 Å². The number of hydrogen-bond donors (Lipinski definition) is 8. The summed E-state index contributed by atoms with van der Waals surface area (Å²) in [4.78, 5) is 65.5. The maximum absolute atomic E-state index is 13.7. The lowest BCUT2D eigenvalue weighted by Crippen LogP contribution is -2.57. The molecule has 10 N–H and O–H groups in total. The molecule has 0 saturated heterocycles. The van der Waals surface area contributed by atoms with Gasteiger partial charge in [0.1, 0.15) is 18.7 Å². The standard InChI is InChI=1S/C36H55N7O6.C2HF3O2/c1-24(2)20-29(31(44)22-32(45)39-19-17-26-12-7-5-8-13-26)41-34(47)30(21-25(3)4)42-33(46)28(16-11-18-40-35(37)38)43-36(48)49-23-27-14-9-6-10-15-27;3-2(4,5)1(6)7/h5-10,12-15,24-25,28-31,44H,11,16-23H2,1-4H3,(H,39,45)(H,41,47)(H,42,46)(H,43,48)(H4,37,38,40);(H,6,7)/t28-,29-,30-,31-;/m0./s1. The van der Waals surface area contributed by atoms with Gasteiger partial charge < -0.3 is 47.7 Å². The minimum atomic E-state index is -5.08. The molecule has 312 valence electrons. The number of halogens is 3. The fourth-order valence-electron chi connectivity index (χ4n) is 5.15. The molecule has 15 nitrogen and oxygen atoms in total. The number of aliphatic hydroxyl groups is 1. The van der Waals surface area contributed by atoms with Crippen LogP contribution in [0.25, 0.3) is 0 Å². The predicted molar refractivity (Wildman–Crippen MR) is 204 cm³/mol. The molecule has 0 fully saturated rings. The largest absolute Gasteiger partial charge is 0.490 e. The van der Waals surface area contributed by atoms with Crippen LogP contribution >= 0.6 is 0 Å². The van der Waals surface area contributed by atoms with Crippen LogP contribution in [0, 0.1) is 11.8 Å². The molecule has 0 saturated carbocycles. The molecule has 0 unspecified atom stereocenters. The SMILES string of the molecule is CC(C)C[C@H](NC(=O)[C@H](CCCN=C(N)N)NC(=O)OCc1ccccc1)C(=O)N[C@@H](CC(C)C)[C@@H](O)CC(=O)NCCc1ccccc1.O=C(O)C(F)(F)F. The average molecular weight is 796 g/mol. The van der Waals surface area contributed by atoms with Gasteiger partial charge in [0, 0.05) is 13.1 Å². The summed E-state index contributed by atoms with van der Waals surface area (Å²) in [6, 6.07) is 16.1. The Balaban J connectivity index is 0.00000203. The molecule has 0 bridgehead atoms. The van der Waals surface area contributed by atoms with E-state index in [9.17, 15) is 37.5 Å². The summed E-state index contributed by atoms with van der Waals surface area (Å²) in [6.07, 6.45) is -5.32. The number of nitrogens with zero attached hydrogens (tertiary/aromatic N) is 1. The molecule has 56 heavy (non-hydrogen) atoms. The molecule has 0 aromatic heterocycles. The monoisotopic (exact) mass is 795 g/mol. The summed E-state index contributed by atoms with van der Waals surface area (Å²) >= 11 is 0. The van der Waals surface area contributed by atoms with Gasteiger partial charge >= 0.3 is 18.2 Å². The molecular weight excluding hydrogens is 739 g/mol. The van der Waals surface area contributed by atoms with Crippen molar-refractivity contribution in [3.8, 4) is 0 Å². The highest BCUT2D eigenvalue weighted by Gasteiger charge is 2.38. The summed E-state index contributed by atoms with van der Waals surface area (Å²) in [5.41, 5.74) is 12.7. The first-order valence-corrected chi connectivity index (χ1v) is 18.2. The molecule has 0 heterocycles. The highest BCUT2D eigenvalue weighted by atomic mass is 19.4. The first-order chi connectivity index (χ1) is 26.3. The number of carboxylic acids is 1. The third-order valence-corrected chi connectivity index (χ3v) is 7.84. The highest BCUT2D eigenvalue weighted by Crippen LogP contribution is 2.15. The van der Waals surface area contributed by atoms with Crippen molar-refractivity contribution in [3.05, 3.63) is 71.8 Å². The second-order valence-corrected chi connectivity index (χ2v) is 13.8. The summed E-state index contributed by atoms with van der Waals surface area (Å²) in [5, 5.41) is 29.3. The van der Waals surface area contributed by atoms with E-state index >= 15 is 0 Å². The van der Waals surface area contributed by atoms with E-state index in [1.165, 1.54) is 0 Å². The Morgan fingerprint density at radius 1 is 0.804 bits per heavy atom. The van der Waals surface area contributed by atoms with E-state index < -0.39 is 54.3 Å². The van der Waals surface area contributed by atoms with Crippen molar-refractivity contribution in [2.75, 3.05) is 13.1 Å². The Hall–Kier alpha value is -5.39. The normalized spacial score (nSPS) is 13.2. The zero-order chi connectivity index (χ0) is 42.3. The number of amides is 4. The number of ether oxygens (including phenoxy) is 1. The van der Waals surface area contributed by atoms with Crippen molar-refractivity contribution in [1.82, 2.24) is 21.3 Å². The fourth-order valence-corrected chi connectivity index (χ4v) is 5.15. The van der Waals surface area contributed by atoms with E-state index in [1.807, 2.05) is 88.4 Å². The number of aliphatic hydroxyl groups excluding tert-OH is 1. The van der Waals surface area contributed by atoms with Crippen molar-refractivity contribution in [2.45, 2.75) is 103 Å². The van der Waals surface area contributed by atoms with Crippen LogP contribution in [-0.2, 0) is 36.9 Å². The number of alkyl halides is 3. The number of rotatable bonds is 21. The van der Waals surface area contributed by atoms with Crippen LogP contribution in [0.3, 0.4) is 0 Å². The highest BCUT2D eigenvalue weighted by molar-refractivity contribution is 5.91. The maximum atomic E-state index is 13.7. The van der Waals surface area contributed by atoms with Crippen molar-refractivity contribution >= 4 is 35.7 Å². The molecule has 2 aromatic carbocycles. The van der Waals surface area contributed by atoms with E-state index in [1.54, 1.807) is 0 Å². The number of benzene rings is 2. The number of alkyl carbamates (subject to hydrolysis) is 1. The molecule has 0 aliphatic rings. The third-order valence-electron chi connectivity index (χ3n) is 7.84. The number of guanidine groups is 1. The van der Waals surface area contributed by atoms with Crippen LogP contribution in [0.1, 0.15) is 70.9 Å². The minimum absolute atomic E-state index is 0.0119. The van der Waals surface area contributed by atoms with Gasteiger partial charge in [-0.15, -0.1) is 0 Å². The van der Waals surface area contributed by atoms with Gasteiger partial charge in [-0.05, 0) is 55.1 Å². The van der Waals surface area contributed by atoms with Gasteiger partial charge in [-0.3, -0.25) is 19.4 Å². The van der Waals surface area contributed by atoms with E-state index in [-0.39, 0.29) is 49.7 Å². The molecule has 4 atom stereocenters. The van der Waals surface area contributed by atoms with E-state index in [2.05, 4.69) is 26.3 Å². The molecule has 0 aliphatic heterocycles. The quantitative estimate of drug-likeness (QED) is 0.0521. The van der Waals surface area contributed by atoms with Crippen molar-refractivity contribution in [1.29, 1.82) is 0 Å². The lowest BCUT2D eigenvalue weighted by Gasteiger charge is -2.29. The number of carbonyl (C=O) groups excluding carboxylic acids is 4. The minimum Gasteiger partial charge on any atom is -0.475 e. The van der Waals surface area contributed by atoms with Crippen LogP contribution in [0.4, 0.5) is 18.0 Å². The third kappa shape index (κ3) is 22.1. The number of aliphatic carboxylic acids is 1. The van der Waals surface area contributed by atoms with E-state index in [4.69, 9.17) is 26.1 Å². The average Bonchev–Trinajstić information content (AvgIpc) is 3.11. The van der Waals surface area contributed by atoms with Gasteiger partial charge in [-0.25, -0.2) is 9.59 Å². The lowest BCUT2D eigenvalue weighted by atomic mass is 9.95. The van der Waals surface area contributed by atoms with Crippen LogP contribution in [-0.4, -0.2) is 89.5 Å². The second-order valence-electron chi connectivity index (χ2n) is 13.8. The number of carboxylic acid groups (broad SMARTS) is 1. The van der Waals surface area contributed by atoms with Crippen molar-refractivity contribution < 1.29 is 52.1 Å². The van der Waals surface area contributed by atoms with Crippen LogP contribution in [0.2, 0.25) is 0 Å². The Morgan fingerprint density at radius 2 is 1.34 bits per heavy atom. The smallest absolute Gasteiger partial charge is 0.475 e. The van der Waals surface area contributed by atoms with E-state index in [0.717, 1.165) is 11.1 Å². The predicted octanol–water partition coefficient (Wildman–Crippen LogP) is 3.14. The summed E-state index contributed by atoms with van der Waals surface area (Å²) in [7, 11) is 0. The zero-order valence-electron chi connectivity index (χ0n) is 32.2. The van der Waals surface area contributed by atoms with Gasteiger partial charge in [0.15, 0.2) is 5.96 Å². The van der Waals surface area contributed by atoms with Gasteiger partial charge in [0.2, 0.25) is 17.7 Å². The molecule has 0 spiro atoms. The first kappa shape index (κ1) is 48.6. The number of hydrogen-bond acceptors (Lipinski definition) is 8. The summed E-state index contributed by atoms with van der Waals surface area (Å²) in [6.45, 7) is 8.40.